The summed E-state index contributed by atoms with van der Waals surface area (Å²) in [6.07, 6.45) is 7.35. The maximum Gasteiger partial charge on any atom is 0.238 e. The van der Waals surface area contributed by atoms with Gasteiger partial charge in [-0.15, -0.1) is 0 Å². The number of aryl methyl sites for hydroxylation is 1. The summed E-state index contributed by atoms with van der Waals surface area (Å²) >= 11 is 0. The van der Waals surface area contributed by atoms with Crippen LogP contribution in [0.2, 0.25) is 0 Å². The molecule has 2 aliphatic rings. The van der Waals surface area contributed by atoms with E-state index in [0.29, 0.717) is 6.54 Å². The third kappa shape index (κ3) is 3.93. The lowest BCUT2D eigenvalue weighted by atomic mass is 9.79. The second-order valence-corrected chi connectivity index (χ2v) is 6.99. The molecule has 1 saturated heterocycles. The van der Waals surface area contributed by atoms with Gasteiger partial charge in [-0.2, -0.15) is 0 Å². The lowest BCUT2D eigenvalue weighted by molar-refractivity contribution is -0.120. The van der Waals surface area contributed by atoms with Gasteiger partial charge in [0.25, 0.3) is 0 Å². The molecule has 1 heterocycles. The molecule has 126 valence electrons. The normalized spacial score (nSPS) is 21.3. The molecular formula is C19H29N3O. The highest BCUT2D eigenvalue weighted by molar-refractivity contribution is 5.92. The Balaban J connectivity index is 1.63. The van der Waals surface area contributed by atoms with E-state index in [1.807, 2.05) is 12.1 Å². The Morgan fingerprint density at radius 3 is 2.91 bits per heavy atom. The summed E-state index contributed by atoms with van der Waals surface area (Å²) in [4.78, 5) is 15.0. The zero-order valence-electron chi connectivity index (χ0n) is 14.2. The summed E-state index contributed by atoms with van der Waals surface area (Å²) in [5.74, 6) is 0.116. The molecule has 0 unspecified atom stereocenters. The molecule has 1 aliphatic heterocycles. The molecule has 1 spiro atoms. The van der Waals surface area contributed by atoms with Crippen LogP contribution in [0, 0.1) is 0 Å². The molecule has 1 aromatic carbocycles. The quantitative estimate of drug-likeness (QED) is 0.898. The third-order valence-electron chi connectivity index (χ3n) is 5.42. The molecule has 1 aromatic rings. The van der Waals surface area contributed by atoms with Gasteiger partial charge >= 0.3 is 0 Å². The summed E-state index contributed by atoms with van der Waals surface area (Å²) < 4.78 is 0. The maximum atomic E-state index is 12.5. The summed E-state index contributed by atoms with van der Waals surface area (Å²) in [6, 6.07) is 8.17. The highest BCUT2D eigenvalue weighted by atomic mass is 16.2. The van der Waals surface area contributed by atoms with Crippen molar-refractivity contribution in [1.82, 2.24) is 10.2 Å². The largest absolute Gasteiger partial charge is 0.325 e. The van der Waals surface area contributed by atoms with Gasteiger partial charge in [-0.3, -0.25) is 9.69 Å². The van der Waals surface area contributed by atoms with Gasteiger partial charge in [0, 0.05) is 30.9 Å². The van der Waals surface area contributed by atoms with Crippen LogP contribution in [0.1, 0.15) is 44.6 Å². The molecule has 1 aliphatic carbocycles. The number of nitrogens with one attached hydrogen (secondary N) is 2. The molecule has 0 aromatic heterocycles. The Labute approximate surface area is 139 Å². The highest BCUT2D eigenvalue weighted by Crippen LogP contribution is 2.34. The Bertz CT molecular complexity index is 529. The van der Waals surface area contributed by atoms with Crippen LogP contribution >= 0.6 is 0 Å². The first-order valence-electron chi connectivity index (χ1n) is 9.06. The van der Waals surface area contributed by atoms with Crippen molar-refractivity contribution in [3.05, 3.63) is 29.8 Å². The first-order valence-corrected chi connectivity index (χ1v) is 9.06. The van der Waals surface area contributed by atoms with Crippen molar-refractivity contribution in [1.29, 1.82) is 0 Å². The number of rotatable bonds is 4. The molecule has 0 atom stereocenters. The maximum absolute atomic E-state index is 12.5. The van der Waals surface area contributed by atoms with E-state index < -0.39 is 0 Å². The van der Waals surface area contributed by atoms with Gasteiger partial charge in [0.2, 0.25) is 5.91 Å². The van der Waals surface area contributed by atoms with Crippen LogP contribution in [-0.2, 0) is 11.2 Å². The Morgan fingerprint density at radius 2 is 2.13 bits per heavy atom. The van der Waals surface area contributed by atoms with Gasteiger partial charge in [-0.05, 0) is 37.0 Å². The van der Waals surface area contributed by atoms with Crippen LogP contribution in [0.15, 0.2) is 24.3 Å². The lowest BCUT2D eigenvalue weighted by Crippen LogP contribution is -2.63. The number of carbonyl (C=O) groups excluding carboxylic acids is 1. The number of hydrogen-bond donors (Lipinski definition) is 2. The second-order valence-electron chi connectivity index (χ2n) is 6.99. The number of carbonyl (C=O) groups is 1. The molecule has 0 bridgehead atoms. The van der Waals surface area contributed by atoms with Crippen LogP contribution in [-0.4, -0.2) is 42.5 Å². The van der Waals surface area contributed by atoms with Crippen LogP contribution < -0.4 is 10.6 Å². The van der Waals surface area contributed by atoms with E-state index in [1.54, 1.807) is 0 Å². The van der Waals surface area contributed by atoms with Crippen molar-refractivity contribution in [2.75, 3.05) is 31.5 Å². The van der Waals surface area contributed by atoms with E-state index in [1.165, 1.54) is 37.7 Å². The third-order valence-corrected chi connectivity index (χ3v) is 5.42. The van der Waals surface area contributed by atoms with Gasteiger partial charge in [0.05, 0.1) is 6.54 Å². The van der Waals surface area contributed by atoms with Gasteiger partial charge in [-0.25, -0.2) is 0 Å². The zero-order chi connectivity index (χ0) is 16.1. The molecule has 2 fully saturated rings. The fourth-order valence-electron chi connectivity index (χ4n) is 4.08. The predicted octanol–water partition coefficient (Wildman–Crippen LogP) is 2.80. The molecular weight excluding hydrogens is 286 g/mol. The Kier molecular flexibility index (Phi) is 5.34. The van der Waals surface area contributed by atoms with Crippen molar-refractivity contribution >= 4 is 11.6 Å². The topological polar surface area (TPSA) is 44.4 Å². The first kappa shape index (κ1) is 16.5. The molecule has 0 radical (unpaired) electrons. The molecule has 4 heteroatoms. The number of benzene rings is 1. The van der Waals surface area contributed by atoms with Crippen molar-refractivity contribution in [2.24, 2.45) is 0 Å². The number of piperazine rings is 1. The molecule has 1 saturated carbocycles. The van der Waals surface area contributed by atoms with Crippen LogP contribution in [0.5, 0.6) is 0 Å². The Hall–Kier alpha value is -1.39. The van der Waals surface area contributed by atoms with E-state index >= 15 is 0 Å². The molecule has 1 amide bonds. The minimum Gasteiger partial charge on any atom is -0.325 e. The molecule has 2 N–H and O–H groups in total. The van der Waals surface area contributed by atoms with Gasteiger partial charge in [0.15, 0.2) is 0 Å². The fraction of sp³-hybridized carbons (Fsp3) is 0.632. The smallest absolute Gasteiger partial charge is 0.238 e. The van der Waals surface area contributed by atoms with Gasteiger partial charge in [-0.1, -0.05) is 38.3 Å². The minimum atomic E-state index is 0.116. The number of anilines is 1. The Morgan fingerprint density at radius 1 is 1.30 bits per heavy atom. The van der Waals surface area contributed by atoms with Gasteiger partial charge in [0.1, 0.15) is 0 Å². The monoisotopic (exact) mass is 315 g/mol. The van der Waals surface area contributed by atoms with Crippen molar-refractivity contribution in [2.45, 2.75) is 51.0 Å². The van der Waals surface area contributed by atoms with Crippen molar-refractivity contribution < 1.29 is 4.79 Å². The SMILES string of the molecule is CCc1cccc(NC(=O)CN2CCNCC23CCCCC3)c1. The molecule has 4 nitrogen and oxygen atoms in total. The van der Waals surface area contributed by atoms with Gasteiger partial charge < -0.3 is 10.6 Å². The van der Waals surface area contributed by atoms with E-state index in [9.17, 15) is 4.79 Å². The molecule has 3 rings (SSSR count). The van der Waals surface area contributed by atoms with Crippen molar-refractivity contribution in [3.63, 3.8) is 0 Å². The summed E-state index contributed by atoms with van der Waals surface area (Å²) in [6.45, 7) is 5.64. The van der Waals surface area contributed by atoms with E-state index in [-0.39, 0.29) is 11.4 Å². The van der Waals surface area contributed by atoms with E-state index in [2.05, 4.69) is 34.6 Å². The summed E-state index contributed by atoms with van der Waals surface area (Å²) in [5, 5.41) is 6.62. The fourth-order valence-corrected chi connectivity index (χ4v) is 4.08. The zero-order valence-corrected chi connectivity index (χ0v) is 14.2. The summed E-state index contributed by atoms with van der Waals surface area (Å²) in [5.41, 5.74) is 2.38. The van der Waals surface area contributed by atoms with E-state index in [0.717, 1.165) is 31.7 Å². The number of nitrogens with zero attached hydrogens (tertiary/aromatic N) is 1. The average molecular weight is 315 g/mol. The van der Waals surface area contributed by atoms with Crippen LogP contribution in [0.3, 0.4) is 0 Å². The van der Waals surface area contributed by atoms with Crippen LogP contribution in [0.25, 0.3) is 0 Å². The van der Waals surface area contributed by atoms with E-state index in [4.69, 9.17) is 0 Å². The standard InChI is InChI=1S/C19H29N3O/c1-2-16-7-6-8-17(13-16)21-18(23)14-22-12-11-20-15-19(22)9-4-3-5-10-19/h6-8,13,20H,2-5,9-12,14-15H2,1H3,(H,21,23). The summed E-state index contributed by atoms with van der Waals surface area (Å²) in [7, 11) is 0. The number of hydrogen-bond acceptors (Lipinski definition) is 3. The van der Waals surface area contributed by atoms with Crippen molar-refractivity contribution in [3.8, 4) is 0 Å². The lowest BCUT2D eigenvalue weighted by Gasteiger charge is -2.49. The molecule has 23 heavy (non-hydrogen) atoms. The minimum absolute atomic E-state index is 0.116. The predicted molar refractivity (Wildman–Crippen MR) is 94.7 cm³/mol. The number of amides is 1. The highest BCUT2D eigenvalue weighted by Gasteiger charge is 2.40. The second kappa shape index (κ2) is 7.45. The van der Waals surface area contributed by atoms with Crippen LogP contribution in [0.4, 0.5) is 5.69 Å². The average Bonchev–Trinajstić information content (AvgIpc) is 2.58. The first-order chi connectivity index (χ1) is 11.2.